The van der Waals surface area contributed by atoms with Crippen molar-refractivity contribution in [3.8, 4) is 12.1 Å². The summed E-state index contributed by atoms with van der Waals surface area (Å²) < 4.78 is 0. The Morgan fingerprint density at radius 1 is 1.43 bits per heavy atom. The standard InChI is InChI=1S/C9H12N4O/c1-2-3-4-9(14)13-8(6-11)7(12)5-10/h2-4,12H2,1H3,(H,13,14)/b8-7-. The number of amides is 1. The number of nitriles is 2. The summed E-state index contributed by atoms with van der Waals surface area (Å²) in [6.45, 7) is 1.96. The number of rotatable bonds is 4. The monoisotopic (exact) mass is 192 g/mol. The second kappa shape index (κ2) is 6.50. The van der Waals surface area contributed by atoms with Crippen LogP contribution in [0.4, 0.5) is 0 Å². The lowest BCUT2D eigenvalue weighted by molar-refractivity contribution is -0.120. The van der Waals surface area contributed by atoms with Crippen LogP contribution in [0.2, 0.25) is 0 Å². The quantitative estimate of drug-likeness (QED) is 0.633. The lowest BCUT2D eigenvalue weighted by atomic mass is 10.2. The van der Waals surface area contributed by atoms with E-state index in [-0.39, 0.29) is 17.3 Å². The van der Waals surface area contributed by atoms with E-state index in [0.29, 0.717) is 6.42 Å². The largest absolute Gasteiger partial charge is 0.388 e. The molecule has 0 unspecified atom stereocenters. The summed E-state index contributed by atoms with van der Waals surface area (Å²) in [5, 5.41) is 19.2. The van der Waals surface area contributed by atoms with Crippen LogP contribution in [0.5, 0.6) is 0 Å². The minimum absolute atomic E-state index is 0.173. The molecule has 0 heterocycles. The van der Waals surface area contributed by atoms with Crippen molar-refractivity contribution in [1.29, 1.82) is 10.5 Å². The molecule has 5 heteroatoms. The average Bonchev–Trinajstić information content (AvgIpc) is 2.21. The second-order valence-corrected chi connectivity index (χ2v) is 2.66. The Bertz CT molecular complexity index is 319. The maximum absolute atomic E-state index is 11.1. The van der Waals surface area contributed by atoms with E-state index in [0.717, 1.165) is 12.8 Å². The van der Waals surface area contributed by atoms with Gasteiger partial charge in [-0.15, -0.1) is 0 Å². The summed E-state index contributed by atoms with van der Waals surface area (Å²) in [5.74, 6) is -0.290. The molecule has 0 saturated heterocycles. The second-order valence-electron chi connectivity index (χ2n) is 2.66. The van der Waals surface area contributed by atoms with Crippen LogP contribution in [0.3, 0.4) is 0 Å². The molecule has 1 amide bonds. The minimum Gasteiger partial charge on any atom is -0.388 e. The van der Waals surface area contributed by atoms with Gasteiger partial charge >= 0.3 is 0 Å². The van der Waals surface area contributed by atoms with E-state index in [9.17, 15) is 4.79 Å². The molecule has 0 aromatic heterocycles. The van der Waals surface area contributed by atoms with E-state index < -0.39 is 0 Å². The third-order valence-corrected chi connectivity index (χ3v) is 1.52. The highest BCUT2D eigenvalue weighted by atomic mass is 16.1. The average molecular weight is 192 g/mol. The Morgan fingerprint density at radius 3 is 2.50 bits per heavy atom. The van der Waals surface area contributed by atoms with Crippen molar-refractivity contribution >= 4 is 5.91 Å². The minimum atomic E-state index is -0.290. The van der Waals surface area contributed by atoms with Crippen LogP contribution in [0.1, 0.15) is 26.2 Å². The van der Waals surface area contributed by atoms with Gasteiger partial charge in [-0.1, -0.05) is 13.3 Å². The molecule has 3 N–H and O–H groups in total. The summed E-state index contributed by atoms with van der Waals surface area (Å²) in [7, 11) is 0. The summed E-state index contributed by atoms with van der Waals surface area (Å²) >= 11 is 0. The highest BCUT2D eigenvalue weighted by molar-refractivity contribution is 5.78. The number of unbranched alkanes of at least 4 members (excludes halogenated alkanes) is 1. The molecule has 5 nitrogen and oxygen atoms in total. The Kier molecular flexibility index (Phi) is 5.57. The van der Waals surface area contributed by atoms with Crippen LogP contribution in [-0.4, -0.2) is 5.91 Å². The fraction of sp³-hybridized carbons (Fsp3) is 0.444. The molecule has 0 aliphatic carbocycles. The molecule has 0 rings (SSSR count). The molecule has 0 bridgehead atoms. The highest BCUT2D eigenvalue weighted by Crippen LogP contribution is 1.97. The molecule has 14 heavy (non-hydrogen) atoms. The predicted octanol–water partition coefficient (Wildman–Crippen LogP) is 0.510. The summed E-state index contributed by atoms with van der Waals surface area (Å²) in [6.07, 6.45) is 1.98. The van der Waals surface area contributed by atoms with Crippen molar-refractivity contribution in [2.45, 2.75) is 26.2 Å². The number of hydrogen-bond acceptors (Lipinski definition) is 4. The van der Waals surface area contributed by atoms with Gasteiger partial charge in [0.05, 0.1) is 0 Å². The van der Waals surface area contributed by atoms with Crippen LogP contribution < -0.4 is 11.1 Å². The Morgan fingerprint density at radius 2 is 2.07 bits per heavy atom. The van der Waals surface area contributed by atoms with Crippen LogP contribution in [-0.2, 0) is 4.79 Å². The van der Waals surface area contributed by atoms with E-state index >= 15 is 0 Å². The summed E-state index contributed by atoms with van der Waals surface area (Å²) in [5.41, 5.74) is 4.75. The van der Waals surface area contributed by atoms with Gasteiger partial charge in [0.15, 0.2) is 5.70 Å². The molecule has 0 fully saturated rings. The van der Waals surface area contributed by atoms with E-state index in [1.165, 1.54) is 0 Å². The van der Waals surface area contributed by atoms with Gasteiger partial charge in [-0.25, -0.2) is 0 Å². The van der Waals surface area contributed by atoms with Gasteiger partial charge in [0.25, 0.3) is 0 Å². The van der Waals surface area contributed by atoms with Gasteiger partial charge in [0.1, 0.15) is 17.8 Å². The lowest BCUT2D eigenvalue weighted by Gasteiger charge is -2.02. The number of carbonyl (C=O) groups excluding carboxylic acids is 1. The lowest BCUT2D eigenvalue weighted by Crippen LogP contribution is -2.24. The van der Waals surface area contributed by atoms with Crippen LogP contribution >= 0.6 is 0 Å². The predicted molar refractivity (Wildman–Crippen MR) is 50.1 cm³/mol. The molecule has 0 aliphatic rings. The topological polar surface area (TPSA) is 103 Å². The molecule has 0 spiro atoms. The first-order valence-electron chi connectivity index (χ1n) is 4.25. The van der Waals surface area contributed by atoms with Crippen LogP contribution in [0.15, 0.2) is 11.4 Å². The molecule has 0 atom stereocenters. The molecular formula is C9H12N4O. The molecule has 0 saturated carbocycles. The Labute approximate surface area is 82.8 Å². The SMILES string of the molecule is CCCCC(=O)N/C(C#N)=C(\N)C#N. The van der Waals surface area contributed by atoms with Gasteiger partial charge in [-0.3, -0.25) is 4.79 Å². The number of nitrogens with zero attached hydrogens (tertiary/aromatic N) is 2. The normalized spacial score (nSPS) is 10.8. The van der Waals surface area contributed by atoms with E-state index in [4.69, 9.17) is 16.3 Å². The zero-order valence-electron chi connectivity index (χ0n) is 8.00. The molecular weight excluding hydrogens is 180 g/mol. The van der Waals surface area contributed by atoms with Crippen molar-refractivity contribution in [1.82, 2.24) is 5.32 Å². The maximum Gasteiger partial charge on any atom is 0.224 e. The number of hydrogen-bond donors (Lipinski definition) is 2. The first-order valence-corrected chi connectivity index (χ1v) is 4.25. The Balaban J connectivity index is 4.31. The van der Waals surface area contributed by atoms with Gasteiger partial charge < -0.3 is 11.1 Å². The van der Waals surface area contributed by atoms with Crippen LogP contribution in [0.25, 0.3) is 0 Å². The maximum atomic E-state index is 11.1. The van der Waals surface area contributed by atoms with E-state index in [1.54, 1.807) is 12.1 Å². The van der Waals surface area contributed by atoms with Crippen molar-refractivity contribution in [2.24, 2.45) is 5.73 Å². The van der Waals surface area contributed by atoms with Crippen molar-refractivity contribution in [3.05, 3.63) is 11.4 Å². The first-order chi connectivity index (χ1) is 6.65. The van der Waals surface area contributed by atoms with Crippen molar-refractivity contribution in [2.75, 3.05) is 0 Å². The van der Waals surface area contributed by atoms with Gasteiger partial charge in [0.2, 0.25) is 5.91 Å². The highest BCUT2D eigenvalue weighted by Gasteiger charge is 2.06. The number of nitrogens with one attached hydrogen (secondary N) is 1. The first kappa shape index (κ1) is 12.0. The zero-order valence-corrected chi connectivity index (χ0v) is 8.00. The van der Waals surface area contributed by atoms with E-state index in [1.807, 2.05) is 6.92 Å². The fourth-order valence-corrected chi connectivity index (χ4v) is 0.751. The van der Waals surface area contributed by atoms with E-state index in [2.05, 4.69) is 5.32 Å². The molecule has 0 aliphatic heterocycles. The molecule has 0 aromatic carbocycles. The summed E-state index contributed by atoms with van der Waals surface area (Å²) in [4.78, 5) is 11.1. The number of allylic oxidation sites excluding steroid dienone is 2. The number of carbonyl (C=O) groups is 1. The fourth-order valence-electron chi connectivity index (χ4n) is 0.751. The summed E-state index contributed by atoms with van der Waals surface area (Å²) in [6, 6.07) is 3.26. The number of nitrogens with two attached hydrogens (primary N) is 1. The third kappa shape index (κ3) is 4.13. The molecule has 74 valence electrons. The van der Waals surface area contributed by atoms with Crippen molar-refractivity contribution < 1.29 is 4.79 Å². The molecule has 0 radical (unpaired) electrons. The zero-order chi connectivity index (χ0) is 11.0. The van der Waals surface area contributed by atoms with Gasteiger partial charge in [-0.2, -0.15) is 10.5 Å². The van der Waals surface area contributed by atoms with Crippen LogP contribution in [0, 0.1) is 22.7 Å². The third-order valence-electron chi connectivity index (χ3n) is 1.52. The van der Waals surface area contributed by atoms with Gasteiger partial charge in [-0.05, 0) is 6.42 Å². The molecule has 0 aromatic rings. The Hall–Kier alpha value is -2.01. The van der Waals surface area contributed by atoms with Gasteiger partial charge in [0, 0.05) is 6.42 Å². The smallest absolute Gasteiger partial charge is 0.224 e. The van der Waals surface area contributed by atoms with Crippen molar-refractivity contribution in [3.63, 3.8) is 0 Å².